The molecule has 0 unspecified atom stereocenters. The summed E-state index contributed by atoms with van der Waals surface area (Å²) in [6.45, 7) is 1.06. The Morgan fingerprint density at radius 3 is 2.18 bits per heavy atom. The number of halogens is 2. The molecule has 150 valence electrons. The fraction of sp³-hybridized carbons (Fsp3) is 0.350. The van der Waals surface area contributed by atoms with Crippen molar-refractivity contribution in [3.05, 3.63) is 64.1 Å². The molecule has 1 aliphatic heterocycles. The van der Waals surface area contributed by atoms with Crippen molar-refractivity contribution in [2.45, 2.75) is 24.3 Å². The van der Waals surface area contributed by atoms with Gasteiger partial charge < -0.3 is 4.90 Å². The number of hydrogen-bond donors (Lipinski definition) is 0. The molecule has 28 heavy (non-hydrogen) atoms. The zero-order valence-electron chi connectivity index (χ0n) is 15.5. The van der Waals surface area contributed by atoms with Gasteiger partial charge in [0.25, 0.3) is 0 Å². The van der Waals surface area contributed by atoms with Gasteiger partial charge in [-0.15, -0.1) is 0 Å². The maximum atomic E-state index is 12.9. The molecule has 1 fully saturated rings. The summed E-state index contributed by atoms with van der Waals surface area (Å²) in [5, 5.41) is 0.210. The first-order valence-corrected chi connectivity index (χ1v) is 11.2. The second kappa shape index (κ2) is 8.82. The molecule has 0 aromatic heterocycles. The lowest BCUT2D eigenvalue weighted by molar-refractivity contribution is -0.135. The van der Waals surface area contributed by atoms with Crippen LogP contribution in [0.4, 0.5) is 0 Å². The molecule has 8 heteroatoms. The minimum absolute atomic E-state index is 0.0386. The van der Waals surface area contributed by atoms with E-state index in [9.17, 15) is 13.2 Å². The number of carbonyl (C=O) groups excluding carboxylic acids is 1. The normalized spacial score (nSPS) is 16.1. The third kappa shape index (κ3) is 4.51. The number of hydrogen-bond acceptors (Lipinski definition) is 3. The molecule has 2 aromatic rings. The molecule has 0 aliphatic carbocycles. The predicted molar refractivity (Wildman–Crippen MR) is 111 cm³/mol. The number of rotatable bonds is 5. The van der Waals surface area contributed by atoms with Crippen molar-refractivity contribution in [3.63, 3.8) is 0 Å². The highest BCUT2D eigenvalue weighted by molar-refractivity contribution is 7.89. The average Bonchev–Trinajstić information content (AvgIpc) is 2.68. The fourth-order valence-electron chi connectivity index (χ4n) is 3.45. The summed E-state index contributed by atoms with van der Waals surface area (Å²) in [4.78, 5) is 14.4. The SMILES string of the molecule is CN(Cc1ccccc1)C(=O)C1CCN(S(=O)(=O)c2c(Cl)cccc2Cl)CC1. The average molecular weight is 441 g/mol. The molecule has 5 nitrogen and oxygen atoms in total. The summed E-state index contributed by atoms with van der Waals surface area (Å²) >= 11 is 12.2. The van der Waals surface area contributed by atoms with Crippen LogP contribution in [0, 0.1) is 5.92 Å². The zero-order valence-corrected chi connectivity index (χ0v) is 17.8. The lowest BCUT2D eigenvalue weighted by Gasteiger charge is -2.32. The molecule has 0 saturated carbocycles. The Morgan fingerprint density at radius 2 is 1.61 bits per heavy atom. The van der Waals surface area contributed by atoms with Crippen LogP contribution in [-0.4, -0.2) is 43.7 Å². The fourth-order valence-corrected chi connectivity index (χ4v) is 6.01. The van der Waals surface area contributed by atoms with Gasteiger partial charge in [0.1, 0.15) is 4.90 Å². The third-order valence-corrected chi connectivity index (χ3v) is 7.81. The van der Waals surface area contributed by atoms with E-state index in [1.54, 1.807) is 18.0 Å². The summed E-state index contributed by atoms with van der Waals surface area (Å²) in [6, 6.07) is 14.4. The highest BCUT2D eigenvalue weighted by Gasteiger charge is 2.35. The summed E-state index contributed by atoms with van der Waals surface area (Å²) in [5.41, 5.74) is 1.06. The Morgan fingerprint density at radius 1 is 1.04 bits per heavy atom. The van der Waals surface area contributed by atoms with Gasteiger partial charge in [0, 0.05) is 32.6 Å². The van der Waals surface area contributed by atoms with Gasteiger partial charge in [-0.1, -0.05) is 59.6 Å². The first-order valence-electron chi connectivity index (χ1n) is 9.04. The van der Waals surface area contributed by atoms with E-state index in [1.165, 1.54) is 16.4 Å². The van der Waals surface area contributed by atoms with Gasteiger partial charge in [-0.3, -0.25) is 4.79 Å². The highest BCUT2D eigenvalue weighted by atomic mass is 35.5. The van der Waals surface area contributed by atoms with Gasteiger partial charge in [-0.25, -0.2) is 8.42 Å². The van der Waals surface area contributed by atoms with Crippen LogP contribution < -0.4 is 0 Å². The molecule has 0 bridgehead atoms. The summed E-state index contributed by atoms with van der Waals surface area (Å²) < 4.78 is 27.2. The molecule has 0 atom stereocenters. The topological polar surface area (TPSA) is 57.7 Å². The van der Waals surface area contributed by atoms with E-state index in [-0.39, 0.29) is 39.9 Å². The second-order valence-electron chi connectivity index (χ2n) is 6.91. The molecule has 0 radical (unpaired) electrons. The van der Waals surface area contributed by atoms with Crippen molar-refractivity contribution < 1.29 is 13.2 Å². The van der Waals surface area contributed by atoms with Crippen LogP contribution in [0.5, 0.6) is 0 Å². The smallest absolute Gasteiger partial charge is 0.246 e. The Kier molecular flexibility index (Phi) is 6.65. The van der Waals surface area contributed by atoms with Gasteiger partial charge in [0.15, 0.2) is 0 Å². The van der Waals surface area contributed by atoms with Gasteiger partial charge in [-0.2, -0.15) is 4.31 Å². The number of carbonyl (C=O) groups is 1. The minimum atomic E-state index is -3.80. The van der Waals surface area contributed by atoms with Crippen LogP contribution in [-0.2, 0) is 21.4 Å². The van der Waals surface area contributed by atoms with Crippen LogP contribution >= 0.6 is 23.2 Å². The summed E-state index contributed by atoms with van der Waals surface area (Å²) in [5.74, 6) is -0.154. The molecule has 1 saturated heterocycles. The number of piperidine rings is 1. The van der Waals surface area contributed by atoms with Gasteiger partial charge in [0.2, 0.25) is 15.9 Å². The Bertz CT molecular complexity index is 923. The van der Waals surface area contributed by atoms with E-state index >= 15 is 0 Å². The van der Waals surface area contributed by atoms with E-state index < -0.39 is 10.0 Å². The van der Waals surface area contributed by atoms with Crippen LogP contribution in [0.2, 0.25) is 10.0 Å². The third-order valence-electron chi connectivity index (χ3n) is 4.96. The maximum absolute atomic E-state index is 12.9. The van der Waals surface area contributed by atoms with Crippen LogP contribution in [0.25, 0.3) is 0 Å². The maximum Gasteiger partial charge on any atom is 0.246 e. The molecule has 2 aromatic carbocycles. The van der Waals surface area contributed by atoms with Crippen molar-refractivity contribution in [3.8, 4) is 0 Å². The number of nitrogens with zero attached hydrogens (tertiary/aromatic N) is 2. The lowest BCUT2D eigenvalue weighted by atomic mass is 9.96. The van der Waals surface area contributed by atoms with E-state index in [2.05, 4.69) is 0 Å². The molecule has 1 heterocycles. The van der Waals surface area contributed by atoms with Gasteiger partial charge in [0.05, 0.1) is 10.0 Å². The first kappa shape index (κ1) is 21.1. The molecule has 1 aliphatic rings. The van der Waals surface area contributed by atoms with Crippen molar-refractivity contribution in [2.75, 3.05) is 20.1 Å². The molecular weight excluding hydrogens is 419 g/mol. The van der Waals surface area contributed by atoms with Crippen LogP contribution in [0.3, 0.4) is 0 Å². The monoisotopic (exact) mass is 440 g/mol. The summed E-state index contributed by atoms with van der Waals surface area (Å²) in [6.07, 6.45) is 0.943. The Balaban J connectivity index is 1.64. The van der Waals surface area contributed by atoms with Gasteiger partial charge >= 0.3 is 0 Å². The number of benzene rings is 2. The van der Waals surface area contributed by atoms with Crippen molar-refractivity contribution in [1.82, 2.24) is 9.21 Å². The van der Waals surface area contributed by atoms with E-state index in [4.69, 9.17) is 23.2 Å². The van der Waals surface area contributed by atoms with E-state index in [1.807, 2.05) is 30.3 Å². The van der Waals surface area contributed by atoms with Crippen LogP contribution in [0.1, 0.15) is 18.4 Å². The Labute approximate surface area is 175 Å². The number of amides is 1. The van der Waals surface area contributed by atoms with E-state index in [0.717, 1.165) is 5.56 Å². The van der Waals surface area contributed by atoms with Crippen LogP contribution in [0.15, 0.2) is 53.4 Å². The zero-order chi connectivity index (χ0) is 20.3. The van der Waals surface area contributed by atoms with Crippen molar-refractivity contribution in [1.29, 1.82) is 0 Å². The molecular formula is C20H22Cl2N2O3S. The largest absolute Gasteiger partial charge is 0.341 e. The standard InChI is InChI=1S/C20H22Cl2N2O3S/c1-23(14-15-6-3-2-4-7-15)20(25)16-10-12-24(13-11-16)28(26,27)19-17(21)8-5-9-18(19)22/h2-9,16H,10-14H2,1H3. The first-order chi connectivity index (χ1) is 13.3. The second-order valence-corrected chi connectivity index (χ2v) is 9.60. The summed E-state index contributed by atoms with van der Waals surface area (Å²) in [7, 11) is -2.02. The van der Waals surface area contributed by atoms with Crippen molar-refractivity contribution in [2.24, 2.45) is 5.92 Å². The Hall–Kier alpha value is -1.60. The van der Waals surface area contributed by atoms with Gasteiger partial charge in [-0.05, 0) is 30.5 Å². The highest BCUT2D eigenvalue weighted by Crippen LogP contribution is 2.33. The lowest BCUT2D eigenvalue weighted by Crippen LogP contribution is -2.43. The molecule has 1 amide bonds. The quantitative estimate of drug-likeness (QED) is 0.704. The number of sulfonamides is 1. The predicted octanol–water partition coefficient (Wildman–Crippen LogP) is 4.05. The van der Waals surface area contributed by atoms with E-state index in [0.29, 0.717) is 19.4 Å². The molecule has 3 rings (SSSR count). The molecule has 0 N–H and O–H groups in total. The minimum Gasteiger partial charge on any atom is -0.341 e. The molecule has 0 spiro atoms. The van der Waals surface area contributed by atoms with Crippen molar-refractivity contribution >= 4 is 39.1 Å².